The van der Waals surface area contributed by atoms with Crippen LogP contribution in [0.3, 0.4) is 0 Å². The first-order valence-corrected chi connectivity index (χ1v) is 3.54. The molecule has 0 fully saturated rings. The molecule has 1 heterocycles. The molecule has 0 bridgehead atoms. The van der Waals surface area contributed by atoms with Crippen LogP contribution in [0.25, 0.3) is 11.3 Å². The summed E-state index contributed by atoms with van der Waals surface area (Å²) in [4.78, 5) is 3.59. The largest absolute Gasteiger partial charge is 0.440 e. The van der Waals surface area contributed by atoms with Gasteiger partial charge in [-0.25, -0.2) is 13.8 Å². The van der Waals surface area contributed by atoms with Gasteiger partial charge in [0.2, 0.25) is 0 Å². The van der Waals surface area contributed by atoms with Crippen molar-refractivity contribution in [2.45, 2.75) is 0 Å². The Morgan fingerprint density at radius 2 is 2.15 bits per heavy atom. The van der Waals surface area contributed by atoms with E-state index in [1.807, 2.05) is 0 Å². The van der Waals surface area contributed by atoms with Gasteiger partial charge in [0.1, 0.15) is 23.6 Å². The fraction of sp³-hybridized carbons (Fsp3) is 0. The zero-order chi connectivity index (χ0) is 9.26. The average Bonchev–Trinajstić information content (AvgIpc) is 2.61. The predicted molar refractivity (Wildman–Crippen MR) is 40.7 cm³/mol. The smallest absolute Gasteiger partial charge is 0.284 e. The van der Waals surface area contributed by atoms with Crippen LogP contribution in [0.5, 0.6) is 0 Å². The first kappa shape index (κ1) is 7.91. The molecule has 0 unspecified atom stereocenters. The highest BCUT2D eigenvalue weighted by atomic mass is 19.1. The molecule has 0 saturated heterocycles. The number of hydrogen-bond acceptors (Lipinski definition) is 2. The van der Waals surface area contributed by atoms with E-state index in [9.17, 15) is 8.78 Å². The molecule has 0 atom stereocenters. The summed E-state index contributed by atoms with van der Waals surface area (Å²) in [6, 6.07) is 3.14. The van der Waals surface area contributed by atoms with Crippen molar-refractivity contribution >= 4 is 0 Å². The molecule has 2 nitrogen and oxygen atoms in total. The lowest BCUT2D eigenvalue weighted by atomic mass is 10.1. The van der Waals surface area contributed by atoms with E-state index < -0.39 is 11.6 Å². The molecule has 1 aromatic heterocycles. The highest BCUT2D eigenvalue weighted by Gasteiger charge is 2.08. The van der Waals surface area contributed by atoms with Gasteiger partial charge in [0, 0.05) is 5.56 Å². The van der Waals surface area contributed by atoms with Crippen molar-refractivity contribution in [3.8, 4) is 11.3 Å². The van der Waals surface area contributed by atoms with Crippen LogP contribution in [0.1, 0.15) is 0 Å². The van der Waals surface area contributed by atoms with Crippen LogP contribution in [-0.2, 0) is 0 Å². The minimum absolute atomic E-state index is 0.0741. The summed E-state index contributed by atoms with van der Waals surface area (Å²) in [7, 11) is 0. The summed E-state index contributed by atoms with van der Waals surface area (Å²) in [5.41, 5.74) is 0.307. The first-order valence-electron chi connectivity index (χ1n) is 3.54. The summed E-state index contributed by atoms with van der Waals surface area (Å²) < 4.78 is 30.3. The van der Waals surface area contributed by atoms with E-state index in [0.717, 1.165) is 18.2 Å². The van der Waals surface area contributed by atoms with E-state index in [0.29, 0.717) is 0 Å². The van der Waals surface area contributed by atoms with E-state index in [4.69, 9.17) is 0 Å². The second kappa shape index (κ2) is 2.97. The number of halogens is 2. The van der Waals surface area contributed by atoms with Gasteiger partial charge in [-0.05, 0) is 18.2 Å². The zero-order valence-corrected chi connectivity index (χ0v) is 6.42. The minimum atomic E-state index is -0.538. The third-order valence-corrected chi connectivity index (χ3v) is 1.59. The van der Waals surface area contributed by atoms with Crippen LogP contribution in [0.4, 0.5) is 8.78 Å². The van der Waals surface area contributed by atoms with Gasteiger partial charge in [0.05, 0.1) is 0 Å². The Hall–Kier alpha value is -1.71. The summed E-state index contributed by atoms with van der Waals surface area (Å²) in [6.07, 6.45) is 3.37. The highest BCUT2D eigenvalue weighted by Crippen LogP contribution is 2.21. The number of rotatable bonds is 1. The van der Waals surface area contributed by atoms with Gasteiger partial charge < -0.3 is 4.42 Å². The summed E-state index contributed by atoms with van der Waals surface area (Å²) >= 11 is 0. The molecule has 0 spiro atoms. The lowest BCUT2D eigenvalue weighted by molar-refractivity contribution is 0.548. The van der Waals surface area contributed by atoms with E-state index in [1.54, 1.807) is 0 Å². The SMILES string of the molecule is Fc1ccc(F)c(-c2co[c]n2)c1. The zero-order valence-electron chi connectivity index (χ0n) is 6.42. The molecule has 2 rings (SSSR count). The van der Waals surface area contributed by atoms with Gasteiger partial charge in [0.15, 0.2) is 0 Å². The molecular weight excluding hydrogens is 176 g/mol. The van der Waals surface area contributed by atoms with Gasteiger partial charge in [-0.3, -0.25) is 0 Å². The molecule has 4 heteroatoms. The molecule has 0 aliphatic rings. The molecule has 0 saturated carbocycles. The molecule has 0 aliphatic carbocycles. The molecule has 0 aliphatic heterocycles. The maximum atomic E-state index is 13.1. The monoisotopic (exact) mass is 180 g/mol. The average molecular weight is 180 g/mol. The molecular formula is C9H4F2NO. The lowest BCUT2D eigenvalue weighted by Crippen LogP contribution is -1.85. The van der Waals surface area contributed by atoms with Crippen molar-refractivity contribution in [2.75, 3.05) is 0 Å². The number of nitrogens with zero attached hydrogens (tertiary/aromatic N) is 1. The summed E-state index contributed by atoms with van der Waals surface area (Å²) in [6.45, 7) is 0. The van der Waals surface area contributed by atoms with Gasteiger partial charge in [-0.15, -0.1) is 0 Å². The molecule has 1 radical (unpaired) electrons. The van der Waals surface area contributed by atoms with Crippen molar-refractivity contribution in [3.63, 3.8) is 0 Å². The molecule has 1 aromatic carbocycles. The maximum Gasteiger partial charge on any atom is 0.284 e. The number of oxazole rings is 1. The van der Waals surface area contributed by atoms with Gasteiger partial charge in [0.25, 0.3) is 6.39 Å². The Labute approximate surface area is 72.8 Å². The van der Waals surface area contributed by atoms with E-state index >= 15 is 0 Å². The van der Waals surface area contributed by atoms with E-state index in [-0.39, 0.29) is 11.3 Å². The maximum absolute atomic E-state index is 13.1. The van der Waals surface area contributed by atoms with Crippen molar-refractivity contribution in [1.29, 1.82) is 0 Å². The van der Waals surface area contributed by atoms with E-state index in [2.05, 4.69) is 15.8 Å². The fourth-order valence-corrected chi connectivity index (χ4v) is 1.00. The molecule has 0 N–H and O–H groups in total. The van der Waals surface area contributed by atoms with E-state index in [1.165, 1.54) is 6.26 Å². The number of aromatic nitrogens is 1. The van der Waals surface area contributed by atoms with Crippen molar-refractivity contribution in [1.82, 2.24) is 4.98 Å². The quantitative estimate of drug-likeness (QED) is 0.673. The van der Waals surface area contributed by atoms with Crippen molar-refractivity contribution in [3.05, 3.63) is 42.5 Å². The summed E-state index contributed by atoms with van der Waals surface area (Å²) in [5.74, 6) is -1.05. The minimum Gasteiger partial charge on any atom is -0.440 e. The van der Waals surface area contributed by atoms with Gasteiger partial charge in [-0.1, -0.05) is 0 Å². The standard InChI is InChI=1S/C9H4F2NO/c10-6-1-2-8(11)7(3-6)9-4-13-5-12-9/h1-4H. The Balaban J connectivity index is 2.57. The van der Waals surface area contributed by atoms with Crippen LogP contribution in [-0.4, -0.2) is 4.98 Å². The van der Waals surface area contributed by atoms with Crippen LogP contribution >= 0.6 is 0 Å². The molecule has 2 aromatic rings. The number of hydrogen-bond donors (Lipinski definition) is 0. The van der Waals surface area contributed by atoms with Crippen LogP contribution in [0.2, 0.25) is 0 Å². The van der Waals surface area contributed by atoms with Crippen molar-refractivity contribution in [2.24, 2.45) is 0 Å². The second-order valence-electron chi connectivity index (χ2n) is 2.45. The van der Waals surface area contributed by atoms with Crippen molar-refractivity contribution < 1.29 is 13.2 Å². The van der Waals surface area contributed by atoms with Crippen LogP contribution < -0.4 is 0 Å². The van der Waals surface area contributed by atoms with Crippen LogP contribution in [0, 0.1) is 18.0 Å². The third kappa shape index (κ3) is 1.42. The first-order chi connectivity index (χ1) is 6.27. The Kier molecular flexibility index (Phi) is 1.81. The molecule has 65 valence electrons. The Morgan fingerprint density at radius 3 is 2.85 bits per heavy atom. The third-order valence-electron chi connectivity index (χ3n) is 1.59. The Bertz CT molecular complexity index is 412. The summed E-state index contributed by atoms with van der Waals surface area (Å²) in [5, 5.41) is 0. The Morgan fingerprint density at radius 1 is 1.31 bits per heavy atom. The normalized spacial score (nSPS) is 10.3. The second-order valence-corrected chi connectivity index (χ2v) is 2.45. The fourth-order valence-electron chi connectivity index (χ4n) is 1.00. The predicted octanol–water partition coefficient (Wildman–Crippen LogP) is 2.42. The highest BCUT2D eigenvalue weighted by molar-refractivity contribution is 5.58. The van der Waals surface area contributed by atoms with Gasteiger partial charge in [-0.2, -0.15) is 0 Å². The van der Waals surface area contributed by atoms with Gasteiger partial charge >= 0.3 is 0 Å². The molecule has 13 heavy (non-hydrogen) atoms. The topological polar surface area (TPSA) is 26.0 Å². The lowest BCUT2D eigenvalue weighted by Gasteiger charge is -1.97. The van der Waals surface area contributed by atoms with Crippen LogP contribution in [0.15, 0.2) is 28.9 Å². The molecule has 0 amide bonds. The number of benzene rings is 1.